The molecule has 1 unspecified atom stereocenters. The fourth-order valence-corrected chi connectivity index (χ4v) is 2.55. The average molecular weight is 297 g/mol. The van der Waals surface area contributed by atoms with Gasteiger partial charge in [0, 0.05) is 22.6 Å². The van der Waals surface area contributed by atoms with Crippen LogP contribution in [-0.2, 0) is 0 Å². The third-order valence-electron chi connectivity index (χ3n) is 3.34. The first-order chi connectivity index (χ1) is 9.54. The van der Waals surface area contributed by atoms with Crippen molar-refractivity contribution in [1.29, 1.82) is 0 Å². The van der Waals surface area contributed by atoms with Crippen molar-refractivity contribution in [3.63, 3.8) is 0 Å². The van der Waals surface area contributed by atoms with E-state index in [4.69, 9.17) is 16.3 Å². The Labute approximate surface area is 119 Å². The highest BCUT2D eigenvalue weighted by Gasteiger charge is 2.30. The first-order valence-electron chi connectivity index (χ1n) is 6.13. The molecule has 1 aliphatic heterocycles. The van der Waals surface area contributed by atoms with E-state index in [9.17, 15) is 13.9 Å². The van der Waals surface area contributed by atoms with E-state index < -0.39 is 23.8 Å². The third kappa shape index (κ3) is 2.37. The Balaban J connectivity index is 1.99. The van der Waals surface area contributed by atoms with E-state index in [2.05, 4.69) is 0 Å². The second-order valence-corrected chi connectivity index (χ2v) is 5.14. The lowest BCUT2D eigenvalue weighted by Gasteiger charge is -2.30. The normalized spacial score (nSPS) is 21.2. The number of hydrogen-bond donors (Lipinski definition) is 1. The number of aliphatic hydroxyl groups excluding tert-OH is 1. The van der Waals surface area contributed by atoms with Gasteiger partial charge in [-0.15, -0.1) is 0 Å². The summed E-state index contributed by atoms with van der Waals surface area (Å²) in [6.45, 7) is 0. The van der Waals surface area contributed by atoms with E-state index in [1.165, 1.54) is 0 Å². The summed E-state index contributed by atoms with van der Waals surface area (Å²) in [6, 6.07) is 8.04. The summed E-state index contributed by atoms with van der Waals surface area (Å²) in [7, 11) is 0. The van der Waals surface area contributed by atoms with Crippen molar-refractivity contribution >= 4 is 11.6 Å². The Kier molecular flexibility index (Phi) is 3.36. The number of benzene rings is 2. The molecule has 0 spiro atoms. The first kappa shape index (κ1) is 13.3. The van der Waals surface area contributed by atoms with Crippen LogP contribution in [0.3, 0.4) is 0 Å². The molecule has 2 aromatic rings. The van der Waals surface area contributed by atoms with Crippen LogP contribution in [0.4, 0.5) is 8.78 Å². The molecule has 2 atom stereocenters. The zero-order chi connectivity index (χ0) is 14.3. The lowest BCUT2D eigenvalue weighted by molar-refractivity contribution is 0.0638. The summed E-state index contributed by atoms with van der Waals surface area (Å²) < 4.78 is 32.7. The summed E-state index contributed by atoms with van der Waals surface area (Å²) in [6.07, 6.45) is -1.41. The molecule has 3 rings (SSSR count). The van der Waals surface area contributed by atoms with Gasteiger partial charge in [-0.2, -0.15) is 0 Å². The summed E-state index contributed by atoms with van der Waals surface area (Å²) in [5.74, 6) is -0.663. The van der Waals surface area contributed by atoms with Gasteiger partial charge in [0.05, 0.1) is 6.10 Å². The Morgan fingerprint density at radius 3 is 2.70 bits per heavy atom. The highest BCUT2D eigenvalue weighted by Crippen LogP contribution is 2.42. The van der Waals surface area contributed by atoms with Gasteiger partial charge in [-0.05, 0) is 36.4 Å². The molecule has 5 heteroatoms. The van der Waals surface area contributed by atoms with Crippen LogP contribution in [0, 0.1) is 11.6 Å². The number of aliphatic hydroxyl groups is 1. The molecular weight excluding hydrogens is 286 g/mol. The fourth-order valence-electron chi connectivity index (χ4n) is 2.37. The van der Waals surface area contributed by atoms with Crippen molar-refractivity contribution in [2.24, 2.45) is 0 Å². The number of fused-ring (bicyclic) bond motifs is 1. The maximum Gasteiger partial charge on any atom is 0.130 e. The zero-order valence-corrected chi connectivity index (χ0v) is 11.1. The monoisotopic (exact) mass is 296 g/mol. The van der Waals surface area contributed by atoms with Crippen LogP contribution < -0.4 is 4.74 Å². The van der Waals surface area contributed by atoms with Crippen molar-refractivity contribution in [2.75, 3.05) is 0 Å². The molecule has 0 amide bonds. The van der Waals surface area contributed by atoms with Crippen LogP contribution in [0.15, 0.2) is 36.4 Å². The molecule has 1 N–H and O–H groups in total. The Morgan fingerprint density at radius 1 is 1.10 bits per heavy atom. The lowest BCUT2D eigenvalue weighted by atomic mass is 9.94. The van der Waals surface area contributed by atoms with Crippen LogP contribution in [0.1, 0.15) is 29.8 Å². The number of halogens is 3. The molecule has 0 saturated heterocycles. The molecule has 1 heterocycles. The van der Waals surface area contributed by atoms with Gasteiger partial charge in [-0.1, -0.05) is 11.6 Å². The minimum absolute atomic E-state index is 0.102. The summed E-state index contributed by atoms with van der Waals surface area (Å²) >= 11 is 5.87. The molecule has 0 aromatic heterocycles. The van der Waals surface area contributed by atoms with E-state index in [1.807, 2.05) is 0 Å². The molecule has 2 nitrogen and oxygen atoms in total. The number of hydrogen-bond acceptors (Lipinski definition) is 2. The van der Waals surface area contributed by atoms with Gasteiger partial charge in [0.15, 0.2) is 0 Å². The highest BCUT2D eigenvalue weighted by molar-refractivity contribution is 6.30. The Morgan fingerprint density at radius 2 is 1.90 bits per heavy atom. The summed E-state index contributed by atoms with van der Waals surface area (Å²) in [5.41, 5.74) is 0.662. The standard InChI is InChI=1S/C15H11ClF2O2/c16-8-1-4-14-11(5-8)13(19)7-15(20-14)10-6-9(17)2-3-12(10)18/h1-6,13,15,19H,7H2/t13-,15?/m0/s1. The molecule has 0 bridgehead atoms. The van der Waals surface area contributed by atoms with E-state index in [0.717, 1.165) is 18.2 Å². The lowest BCUT2D eigenvalue weighted by Crippen LogP contribution is -2.20. The van der Waals surface area contributed by atoms with Crippen LogP contribution in [0.5, 0.6) is 5.75 Å². The van der Waals surface area contributed by atoms with Gasteiger partial charge in [-0.25, -0.2) is 8.78 Å². The van der Waals surface area contributed by atoms with Crippen LogP contribution in [-0.4, -0.2) is 5.11 Å². The quantitative estimate of drug-likeness (QED) is 0.855. The van der Waals surface area contributed by atoms with Gasteiger partial charge in [-0.3, -0.25) is 0 Å². The largest absolute Gasteiger partial charge is 0.485 e. The molecular formula is C15H11ClF2O2. The predicted molar refractivity (Wildman–Crippen MR) is 70.8 cm³/mol. The molecule has 1 aliphatic rings. The molecule has 0 fully saturated rings. The minimum atomic E-state index is -0.829. The van der Waals surface area contributed by atoms with Crippen LogP contribution in [0.25, 0.3) is 0 Å². The first-order valence-corrected chi connectivity index (χ1v) is 6.51. The second kappa shape index (κ2) is 5.04. The maximum absolute atomic E-state index is 13.8. The van der Waals surface area contributed by atoms with E-state index in [-0.39, 0.29) is 12.0 Å². The number of rotatable bonds is 1. The Bertz CT molecular complexity index is 660. The smallest absolute Gasteiger partial charge is 0.130 e. The van der Waals surface area contributed by atoms with Crippen LogP contribution >= 0.6 is 11.6 Å². The molecule has 0 radical (unpaired) electrons. The van der Waals surface area contributed by atoms with Crippen molar-refractivity contribution < 1.29 is 18.6 Å². The van der Waals surface area contributed by atoms with Crippen molar-refractivity contribution in [2.45, 2.75) is 18.6 Å². The SMILES string of the molecule is O[C@H]1CC(c2cc(F)ccc2F)Oc2ccc(Cl)cc21. The van der Waals surface area contributed by atoms with Gasteiger partial charge in [0.2, 0.25) is 0 Å². The van der Waals surface area contributed by atoms with E-state index in [0.29, 0.717) is 16.3 Å². The summed E-state index contributed by atoms with van der Waals surface area (Å²) in [5, 5.41) is 10.6. The van der Waals surface area contributed by atoms with Gasteiger partial charge in [0.25, 0.3) is 0 Å². The summed E-state index contributed by atoms with van der Waals surface area (Å²) in [4.78, 5) is 0. The second-order valence-electron chi connectivity index (χ2n) is 4.71. The molecule has 0 saturated carbocycles. The van der Waals surface area contributed by atoms with Crippen molar-refractivity contribution in [3.8, 4) is 5.75 Å². The third-order valence-corrected chi connectivity index (χ3v) is 3.58. The predicted octanol–water partition coefficient (Wildman–Crippen LogP) is 4.18. The molecule has 0 aliphatic carbocycles. The van der Waals surface area contributed by atoms with Gasteiger partial charge < -0.3 is 9.84 Å². The van der Waals surface area contributed by atoms with E-state index in [1.54, 1.807) is 18.2 Å². The van der Waals surface area contributed by atoms with Gasteiger partial charge >= 0.3 is 0 Å². The highest BCUT2D eigenvalue weighted by atomic mass is 35.5. The van der Waals surface area contributed by atoms with Crippen molar-refractivity contribution in [3.05, 3.63) is 64.2 Å². The zero-order valence-electron chi connectivity index (χ0n) is 10.3. The maximum atomic E-state index is 13.8. The van der Waals surface area contributed by atoms with Gasteiger partial charge in [0.1, 0.15) is 23.5 Å². The minimum Gasteiger partial charge on any atom is -0.485 e. The van der Waals surface area contributed by atoms with Crippen molar-refractivity contribution in [1.82, 2.24) is 0 Å². The fraction of sp³-hybridized carbons (Fsp3) is 0.200. The van der Waals surface area contributed by atoms with E-state index >= 15 is 0 Å². The Hall–Kier alpha value is -1.65. The number of ether oxygens (including phenoxy) is 1. The molecule has 2 aromatic carbocycles. The molecule has 104 valence electrons. The molecule has 20 heavy (non-hydrogen) atoms. The topological polar surface area (TPSA) is 29.5 Å². The van der Waals surface area contributed by atoms with Crippen LogP contribution in [0.2, 0.25) is 5.02 Å². The average Bonchev–Trinajstić information content (AvgIpc) is 2.42.